The van der Waals surface area contributed by atoms with Crippen molar-refractivity contribution in [3.63, 3.8) is 0 Å². The number of carbonyl (C=O) groups excluding carboxylic acids is 1. The van der Waals surface area contributed by atoms with Crippen molar-refractivity contribution in [2.45, 2.75) is 0 Å². The zero-order chi connectivity index (χ0) is 16.8. The highest BCUT2D eigenvalue weighted by atomic mass is 79.9. The van der Waals surface area contributed by atoms with Crippen LogP contribution >= 0.6 is 15.9 Å². The maximum absolute atomic E-state index is 11.9. The molecule has 0 atom stereocenters. The molecule has 0 aliphatic heterocycles. The normalized spacial score (nSPS) is 10.7. The number of nitrogens with one attached hydrogen (secondary N) is 1. The van der Waals surface area contributed by atoms with E-state index >= 15 is 0 Å². The fraction of sp³-hybridized carbons (Fsp3) is 0. The lowest BCUT2D eigenvalue weighted by atomic mass is 10.3. The fourth-order valence-electron chi connectivity index (χ4n) is 1.82. The van der Waals surface area contributed by atoms with Crippen molar-refractivity contribution in [2.24, 2.45) is 0 Å². The molecule has 0 saturated carbocycles. The molecule has 1 N–H and O–H groups in total. The molecule has 0 bridgehead atoms. The van der Waals surface area contributed by atoms with Crippen molar-refractivity contribution in [3.8, 4) is 11.6 Å². The number of benzene rings is 1. The lowest BCUT2D eigenvalue weighted by Gasteiger charge is -2.05. The highest BCUT2D eigenvalue weighted by molar-refractivity contribution is 9.10. The Labute approximate surface area is 146 Å². The quantitative estimate of drug-likeness (QED) is 0.663. The van der Waals surface area contributed by atoms with Gasteiger partial charge in [0.1, 0.15) is 11.5 Å². The molecular formula is C17H12BrN3O3. The van der Waals surface area contributed by atoms with E-state index < -0.39 is 0 Å². The zero-order valence-electron chi connectivity index (χ0n) is 12.3. The van der Waals surface area contributed by atoms with Crippen LogP contribution in [0.2, 0.25) is 0 Å². The number of anilines is 1. The third-order valence-corrected chi connectivity index (χ3v) is 3.30. The van der Waals surface area contributed by atoms with Crippen LogP contribution < -0.4 is 10.1 Å². The predicted octanol–water partition coefficient (Wildman–Crippen LogP) is 4.28. The van der Waals surface area contributed by atoms with Gasteiger partial charge in [-0.25, -0.2) is 4.98 Å². The van der Waals surface area contributed by atoms with Gasteiger partial charge in [-0.1, -0.05) is 0 Å². The van der Waals surface area contributed by atoms with Crippen LogP contribution in [0.1, 0.15) is 5.76 Å². The maximum atomic E-state index is 11.9. The lowest BCUT2D eigenvalue weighted by Crippen LogP contribution is -2.07. The lowest BCUT2D eigenvalue weighted by molar-refractivity contribution is -0.111. The van der Waals surface area contributed by atoms with Crippen molar-refractivity contribution in [3.05, 3.63) is 71.5 Å². The zero-order valence-corrected chi connectivity index (χ0v) is 13.9. The van der Waals surface area contributed by atoms with Gasteiger partial charge in [0.25, 0.3) is 0 Å². The fourth-order valence-corrected chi connectivity index (χ4v) is 2.14. The van der Waals surface area contributed by atoms with Gasteiger partial charge in [-0.15, -0.1) is 0 Å². The molecule has 0 unspecified atom stereocenters. The average molecular weight is 386 g/mol. The Hall–Kier alpha value is -2.93. The number of aromatic nitrogens is 2. The van der Waals surface area contributed by atoms with E-state index in [1.165, 1.54) is 12.3 Å². The predicted molar refractivity (Wildman–Crippen MR) is 92.6 cm³/mol. The Morgan fingerprint density at radius 2 is 2.00 bits per heavy atom. The van der Waals surface area contributed by atoms with Gasteiger partial charge in [-0.2, -0.15) is 0 Å². The summed E-state index contributed by atoms with van der Waals surface area (Å²) in [6.45, 7) is 0. The molecule has 2 aromatic heterocycles. The standard InChI is InChI=1S/C17H12BrN3O3/c18-15-7-5-13(23-15)6-8-16(22)21-12-1-3-14(4-2-12)24-17-11-19-9-10-20-17/h1-11H,(H,21,22)/b8-6+. The van der Waals surface area contributed by atoms with E-state index in [0.717, 1.165) is 0 Å². The molecule has 2 heterocycles. The van der Waals surface area contributed by atoms with Crippen LogP contribution in [0.3, 0.4) is 0 Å². The Morgan fingerprint density at radius 1 is 1.17 bits per heavy atom. The van der Waals surface area contributed by atoms with Crippen molar-refractivity contribution < 1.29 is 13.9 Å². The van der Waals surface area contributed by atoms with Crippen LogP contribution in [0.25, 0.3) is 6.08 Å². The molecule has 0 fully saturated rings. The molecule has 0 aliphatic carbocycles. The summed E-state index contributed by atoms with van der Waals surface area (Å²) in [7, 11) is 0. The molecule has 3 aromatic rings. The first-order valence-corrected chi connectivity index (χ1v) is 7.77. The third kappa shape index (κ3) is 4.53. The minimum absolute atomic E-state index is 0.259. The van der Waals surface area contributed by atoms with Gasteiger partial charge in [0.2, 0.25) is 11.8 Å². The minimum Gasteiger partial charge on any atom is -0.450 e. The van der Waals surface area contributed by atoms with Crippen LogP contribution in [0.15, 0.2) is 70.2 Å². The highest BCUT2D eigenvalue weighted by Crippen LogP contribution is 2.20. The number of hydrogen-bond donors (Lipinski definition) is 1. The summed E-state index contributed by atoms with van der Waals surface area (Å²) in [5.41, 5.74) is 0.650. The number of ether oxygens (including phenoxy) is 1. The number of furan rings is 1. The summed E-state index contributed by atoms with van der Waals surface area (Å²) in [6, 6.07) is 10.5. The Balaban J connectivity index is 1.57. The topological polar surface area (TPSA) is 77.2 Å². The van der Waals surface area contributed by atoms with Gasteiger partial charge in [0, 0.05) is 24.2 Å². The smallest absolute Gasteiger partial charge is 0.248 e. The Bertz CT molecular complexity index is 845. The first-order valence-electron chi connectivity index (χ1n) is 6.97. The molecule has 0 spiro atoms. The molecule has 1 aromatic carbocycles. The van der Waals surface area contributed by atoms with Crippen molar-refractivity contribution >= 4 is 33.6 Å². The summed E-state index contributed by atoms with van der Waals surface area (Å²) >= 11 is 3.20. The largest absolute Gasteiger partial charge is 0.450 e. The number of nitrogens with zero attached hydrogens (tertiary/aromatic N) is 2. The highest BCUT2D eigenvalue weighted by Gasteiger charge is 2.02. The van der Waals surface area contributed by atoms with Crippen LogP contribution in [0, 0.1) is 0 Å². The summed E-state index contributed by atoms with van der Waals surface area (Å²) in [5.74, 6) is 1.33. The van der Waals surface area contributed by atoms with Crippen LogP contribution in [0.4, 0.5) is 5.69 Å². The Kier molecular flexibility index (Phi) is 5.02. The van der Waals surface area contributed by atoms with E-state index in [1.54, 1.807) is 54.9 Å². The number of halogens is 1. The number of carbonyl (C=O) groups is 1. The monoisotopic (exact) mass is 385 g/mol. The second kappa shape index (κ2) is 7.56. The van der Waals surface area contributed by atoms with Crippen molar-refractivity contribution in [1.82, 2.24) is 9.97 Å². The van der Waals surface area contributed by atoms with Gasteiger partial charge in [0.15, 0.2) is 4.67 Å². The van der Waals surface area contributed by atoms with E-state index in [0.29, 0.717) is 27.7 Å². The minimum atomic E-state index is -0.259. The summed E-state index contributed by atoms with van der Waals surface area (Å²) in [6.07, 6.45) is 7.63. The first kappa shape index (κ1) is 15.9. The molecule has 0 radical (unpaired) electrons. The first-order chi connectivity index (χ1) is 11.7. The van der Waals surface area contributed by atoms with Crippen LogP contribution in [-0.4, -0.2) is 15.9 Å². The maximum Gasteiger partial charge on any atom is 0.248 e. The van der Waals surface area contributed by atoms with E-state index in [1.807, 2.05) is 0 Å². The molecule has 0 saturated heterocycles. The molecule has 3 rings (SSSR count). The van der Waals surface area contributed by atoms with E-state index in [-0.39, 0.29) is 5.91 Å². The van der Waals surface area contributed by atoms with E-state index in [9.17, 15) is 4.79 Å². The molecule has 120 valence electrons. The third-order valence-electron chi connectivity index (χ3n) is 2.88. The van der Waals surface area contributed by atoms with E-state index in [4.69, 9.17) is 9.15 Å². The molecular weight excluding hydrogens is 374 g/mol. The van der Waals surface area contributed by atoms with Gasteiger partial charge in [-0.3, -0.25) is 9.78 Å². The van der Waals surface area contributed by atoms with Gasteiger partial charge >= 0.3 is 0 Å². The summed E-state index contributed by atoms with van der Waals surface area (Å²) < 4.78 is 11.4. The molecule has 7 heteroatoms. The SMILES string of the molecule is O=C(/C=C/c1ccc(Br)o1)Nc1ccc(Oc2cnccn2)cc1. The van der Waals surface area contributed by atoms with Crippen LogP contribution in [-0.2, 0) is 4.79 Å². The second-order valence-electron chi connectivity index (χ2n) is 4.63. The van der Waals surface area contributed by atoms with Gasteiger partial charge in [0.05, 0.1) is 6.20 Å². The average Bonchev–Trinajstić information content (AvgIpc) is 3.01. The van der Waals surface area contributed by atoms with Crippen molar-refractivity contribution in [1.29, 1.82) is 0 Å². The molecule has 1 amide bonds. The summed E-state index contributed by atoms with van der Waals surface area (Å²) in [4.78, 5) is 19.8. The van der Waals surface area contributed by atoms with Gasteiger partial charge < -0.3 is 14.5 Å². The van der Waals surface area contributed by atoms with Crippen LogP contribution in [0.5, 0.6) is 11.6 Å². The Morgan fingerprint density at radius 3 is 2.67 bits per heavy atom. The van der Waals surface area contributed by atoms with E-state index in [2.05, 4.69) is 31.2 Å². The molecule has 6 nitrogen and oxygen atoms in total. The number of rotatable bonds is 5. The second-order valence-corrected chi connectivity index (χ2v) is 5.42. The van der Waals surface area contributed by atoms with Gasteiger partial charge in [-0.05, 0) is 58.4 Å². The molecule has 0 aliphatic rings. The summed E-state index contributed by atoms with van der Waals surface area (Å²) in [5, 5.41) is 2.75. The van der Waals surface area contributed by atoms with Crippen molar-refractivity contribution in [2.75, 3.05) is 5.32 Å². The number of amides is 1. The number of hydrogen-bond acceptors (Lipinski definition) is 5. The molecule has 24 heavy (non-hydrogen) atoms.